The number of amides is 2. The molecule has 2 rings (SSSR count). The molecule has 3 N–H and O–H groups in total. The van der Waals surface area contributed by atoms with E-state index < -0.39 is 11.7 Å². The number of piperazine rings is 1. The smallest absolute Gasteiger partial charge is 0.411 e. The Kier molecular flexibility index (Phi) is 4.02. The number of nitrogens with two attached hydrogens (primary N) is 1. The van der Waals surface area contributed by atoms with E-state index in [2.05, 4.69) is 10.3 Å². The number of carbonyl (C=O) groups is 2. The molecule has 0 saturated carbocycles. The lowest BCUT2D eigenvalue weighted by atomic mass is 10.1. The molecule has 114 valence electrons. The van der Waals surface area contributed by atoms with Crippen LogP contribution in [0.2, 0.25) is 0 Å². The van der Waals surface area contributed by atoms with Gasteiger partial charge in [0.15, 0.2) is 0 Å². The highest BCUT2D eigenvalue weighted by molar-refractivity contribution is 5.84. The summed E-state index contributed by atoms with van der Waals surface area (Å²) < 4.78 is 5.36. The average Bonchev–Trinajstić information content (AvgIpc) is 2.36. The fourth-order valence-electron chi connectivity index (χ4n) is 2.11. The number of rotatable bonds is 1. The minimum Gasteiger partial charge on any atom is -0.444 e. The number of aromatic nitrogens is 1. The summed E-state index contributed by atoms with van der Waals surface area (Å²) in [4.78, 5) is 29.3. The monoisotopic (exact) mass is 292 g/mol. The van der Waals surface area contributed by atoms with Gasteiger partial charge in [-0.05, 0) is 32.4 Å². The van der Waals surface area contributed by atoms with Gasteiger partial charge < -0.3 is 15.8 Å². The number of hydrogen-bond acceptors (Lipinski definition) is 5. The molecule has 1 aliphatic heterocycles. The number of carbonyl (C=O) groups excluding carboxylic acids is 2. The van der Waals surface area contributed by atoms with Crippen LogP contribution in [-0.2, 0) is 9.53 Å². The number of pyridine rings is 1. The topological polar surface area (TPSA) is 97.5 Å². The van der Waals surface area contributed by atoms with E-state index in [1.165, 1.54) is 11.1 Å². The van der Waals surface area contributed by atoms with E-state index >= 15 is 0 Å². The number of anilines is 1. The van der Waals surface area contributed by atoms with E-state index in [0.29, 0.717) is 12.2 Å². The highest BCUT2D eigenvalue weighted by Crippen LogP contribution is 2.25. The molecule has 2 heterocycles. The first kappa shape index (κ1) is 15.1. The lowest BCUT2D eigenvalue weighted by Gasteiger charge is -2.36. The fourth-order valence-corrected chi connectivity index (χ4v) is 2.11. The molecular formula is C14H20N4O3. The third kappa shape index (κ3) is 3.84. The van der Waals surface area contributed by atoms with Crippen molar-refractivity contribution in [3.8, 4) is 0 Å². The first-order valence-corrected chi connectivity index (χ1v) is 6.73. The molecule has 1 aliphatic rings. The normalized spacial score (nSPS) is 19.1. The van der Waals surface area contributed by atoms with Crippen LogP contribution in [0.5, 0.6) is 0 Å². The van der Waals surface area contributed by atoms with Crippen LogP contribution in [0.4, 0.5) is 10.5 Å². The Labute approximate surface area is 123 Å². The van der Waals surface area contributed by atoms with Gasteiger partial charge >= 0.3 is 6.09 Å². The highest BCUT2D eigenvalue weighted by Gasteiger charge is 2.34. The molecule has 1 atom stereocenters. The zero-order chi connectivity index (χ0) is 15.6. The van der Waals surface area contributed by atoms with Gasteiger partial charge in [-0.15, -0.1) is 0 Å². The Morgan fingerprint density at radius 1 is 1.48 bits per heavy atom. The molecular weight excluding hydrogens is 272 g/mol. The number of hydrogen-bond donors (Lipinski definition) is 2. The van der Waals surface area contributed by atoms with Crippen molar-refractivity contribution in [3.05, 3.63) is 24.0 Å². The van der Waals surface area contributed by atoms with Gasteiger partial charge in [0.05, 0.1) is 11.7 Å². The molecule has 7 heteroatoms. The predicted octanol–water partition coefficient (Wildman–Crippen LogP) is 1.07. The Morgan fingerprint density at radius 3 is 2.81 bits per heavy atom. The van der Waals surface area contributed by atoms with E-state index in [9.17, 15) is 9.59 Å². The van der Waals surface area contributed by atoms with Crippen LogP contribution in [0.1, 0.15) is 32.4 Å². The van der Waals surface area contributed by atoms with Crippen LogP contribution in [-0.4, -0.2) is 40.6 Å². The van der Waals surface area contributed by atoms with Crippen LogP contribution in [0, 0.1) is 0 Å². The van der Waals surface area contributed by atoms with Crippen LogP contribution in [0.25, 0.3) is 0 Å². The van der Waals surface area contributed by atoms with Crippen LogP contribution in [0.3, 0.4) is 0 Å². The molecule has 0 aromatic carbocycles. The molecule has 0 spiro atoms. The van der Waals surface area contributed by atoms with E-state index in [1.54, 1.807) is 33.0 Å². The van der Waals surface area contributed by atoms with E-state index in [-0.39, 0.29) is 18.5 Å². The Bertz CT molecular complexity index is 553. The van der Waals surface area contributed by atoms with Gasteiger partial charge in [-0.1, -0.05) is 0 Å². The molecule has 0 bridgehead atoms. The van der Waals surface area contributed by atoms with Crippen molar-refractivity contribution >= 4 is 17.7 Å². The minimum atomic E-state index is -0.622. The minimum absolute atomic E-state index is 0.0472. The second-order valence-corrected chi connectivity index (χ2v) is 5.98. The third-order valence-corrected chi connectivity index (χ3v) is 2.98. The second-order valence-electron chi connectivity index (χ2n) is 5.98. The number of nitrogen functional groups attached to an aromatic ring is 1. The second kappa shape index (κ2) is 5.59. The molecule has 21 heavy (non-hydrogen) atoms. The maximum atomic E-state index is 12.3. The van der Waals surface area contributed by atoms with Crippen molar-refractivity contribution in [2.24, 2.45) is 0 Å². The van der Waals surface area contributed by atoms with Crippen LogP contribution in [0.15, 0.2) is 18.5 Å². The van der Waals surface area contributed by atoms with Crippen LogP contribution < -0.4 is 11.1 Å². The van der Waals surface area contributed by atoms with Crippen LogP contribution >= 0.6 is 0 Å². The van der Waals surface area contributed by atoms with E-state index in [0.717, 1.165) is 5.56 Å². The van der Waals surface area contributed by atoms with Gasteiger partial charge in [0.1, 0.15) is 12.1 Å². The summed E-state index contributed by atoms with van der Waals surface area (Å²) in [5.41, 5.74) is 6.38. The molecule has 1 fully saturated rings. The number of nitrogens with one attached hydrogen (secondary N) is 1. The van der Waals surface area contributed by atoms with Gasteiger partial charge in [0.25, 0.3) is 0 Å². The molecule has 1 saturated heterocycles. The average molecular weight is 292 g/mol. The Balaban J connectivity index is 2.25. The first-order valence-electron chi connectivity index (χ1n) is 6.73. The Morgan fingerprint density at radius 2 is 2.19 bits per heavy atom. The molecule has 1 aromatic heterocycles. The number of nitrogens with zero attached hydrogens (tertiary/aromatic N) is 2. The standard InChI is InChI=1S/C14H20N4O3/c1-14(2,3)21-13(20)18-8-12(19)17-7-11(18)9-4-10(15)6-16-5-9/h4-6,11H,7-8,15H2,1-3H3,(H,17,19)/t11-/m0/s1. The van der Waals surface area contributed by atoms with Gasteiger partial charge in [0.2, 0.25) is 5.91 Å². The third-order valence-electron chi connectivity index (χ3n) is 2.98. The molecule has 0 radical (unpaired) electrons. The molecule has 7 nitrogen and oxygen atoms in total. The molecule has 0 unspecified atom stereocenters. The molecule has 2 amide bonds. The summed E-state index contributed by atoms with van der Waals surface area (Å²) in [7, 11) is 0. The summed E-state index contributed by atoms with van der Waals surface area (Å²) in [5.74, 6) is -0.214. The van der Waals surface area contributed by atoms with E-state index in [4.69, 9.17) is 10.5 Å². The lowest BCUT2D eigenvalue weighted by molar-refractivity contribution is -0.125. The fraction of sp³-hybridized carbons (Fsp3) is 0.500. The summed E-state index contributed by atoms with van der Waals surface area (Å²) in [5, 5.41) is 2.74. The zero-order valence-electron chi connectivity index (χ0n) is 12.4. The Hall–Kier alpha value is -2.31. The largest absolute Gasteiger partial charge is 0.444 e. The maximum Gasteiger partial charge on any atom is 0.411 e. The first-order chi connectivity index (χ1) is 9.76. The maximum absolute atomic E-state index is 12.3. The zero-order valence-corrected chi connectivity index (χ0v) is 12.4. The van der Waals surface area contributed by atoms with Crippen molar-refractivity contribution < 1.29 is 14.3 Å². The van der Waals surface area contributed by atoms with Gasteiger partial charge in [-0.2, -0.15) is 0 Å². The van der Waals surface area contributed by atoms with Crippen molar-refractivity contribution in [3.63, 3.8) is 0 Å². The molecule has 1 aromatic rings. The summed E-state index contributed by atoms with van der Waals surface area (Å²) >= 11 is 0. The summed E-state index contributed by atoms with van der Waals surface area (Å²) in [6, 6.07) is 1.40. The van der Waals surface area contributed by atoms with Gasteiger partial charge in [-0.3, -0.25) is 14.7 Å². The SMILES string of the molecule is CC(C)(C)OC(=O)N1CC(=O)NC[C@H]1c1cncc(N)c1. The van der Waals surface area contributed by atoms with Crippen molar-refractivity contribution in [2.45, 2.75) is 32.4 Å². The van der Waals surface area contributed by atoms with Crippen molar-refractivity contribution in [1.82, 2.24) is 15.2 Å². The summed E-state index contributed by atoms with van der Waals surface area (Å²) in [6.45, 7) is 5.61. The predicted molar refractivity (Wildman–Crippen MR) is 77.3 cm³/mol. The van der Waals surface area contributed by atoms with Crippen molar-refractivity contribution in [2.75, 3.05) is 18.8 Å². The highest BCUT2D eigenvalue weighted by atomic mass is 16.6. The summed E-state index contributed by atoms with van der Waals surface area (Å²) in [6.07, 6.45) is 2.64. The number of ether oxygens (including phenoxy) is 1. The van der Waals surface area contributed by atoms with Gasteiger partial charge in [-0.25, -0.2) is 4.79 Å². The van der Waals surface area contributed by atoms with Crippen molar-refractivity contribution in [1.29, 1.82) is 0 Å². The lowest BCUT2D eigenvalue weighted by Crippen LogP contribution is -2.53. The van der Waals surface area contributed by atoms with Gasteiger partial charge in [0, 0.05) is 18.9 Å². The van der Waals surface area contributed by atoms with E-state index in [1.807, 2.05) is 0 Å². The quantitative estimate of drug-likeness (QED) is 0.807. The molecule has 0 aliphatic carbocycles.